The van der Waals surface area contributed by atoms with Crippen LogP contribution in [-0.4, -0.2) is 47.6 Å². The normalized spacial score (nSPS) is 15.9. The Morgan fingerprint density at radius 2 is 1.85 bits per heavy atom. The highest BCUT2D eigenvalue weighted by atomic mass is 15.3. The van der Waals surface area contributed by atoms with Crippen LogP contribution in [0.4, 0.5) is 11.8 Å². The Morgan fingerprint density at radius 3 is 2.52 bits per heavy atom. The van der Waals surface area contributed by atoms with E-state index >= 15 is 0 Å². The molecule has 2 aromatic rings. The van der Waals surface area contributed by atoms with E-state index in [1.807, 2.05) is 0 Å². The van der Waals surface area contributed by atoms with Gasteiger partial charge in [0.05, 0.1) is 5.69 Å². The number of fused-ring (bicyclic) bond motifs is 1. The number of nitrogens with zero attached hydrogens (tertiary/aromatic N) is 4. The van der Waals surface area contributed by atoms with Gasteiger partial charge in [-0.3, -0.25) is 0 Å². The first-order valence-electron chi connectivity index (χ1n) is 9.88. The summed E-state index contributed by atoms with van der Waals surface area (Å²) in [5.74, 6) is 2.11. The third-order valence-corrected chi connectivity index (χ3v) is 5.24. The smallest absolute Gasteiger partial charge is 0.224 e. The molecule has 0 bridgehead atoms. The molecule has 0 amide bonds. The van der Waals surface area contributed by atoms with E-state index in [4.69, 9.17) is 9.97 Å². The summed E-state index contributed by atoms with van der Waals surface area (Å²) in [6.07, 6.45) is 1.02. The number of hydrogen-bond acceptors (Lipinski definition) is 5. The molecule has 0 radical (unpaired) electrons. The van der Waals surface area contributed by atoms with Crippen LogP contribution in [0.3, 0.4) is 0 Å². The highest BCUT2D eigenvalue weighted by molar-refractivity contribution is 5.51. The van der Waals surface area contributed by atoms with E-state index < -0.39 is 0 Å². The molecule has 0 spiro atoms. The molecule has 0 fully saturated rings. The van der Waals surface area contributed by atoms with Gasteiger partial charge in [0.15, 0.2) is 0 Å². The van der Waals surface area contributed by atoms with Crippen LogP contribution in [0.15, 0.2) is 30.3 Å². The zero-order chi connectivity index (χ0) is 19.6. The van der Waals surface area contributed by atoms with Crippen LogP contribution in [-0.2, 0) is 13.0 Å². The molecule has 1 aromatic carbocycles. The van der Waals surface area contributed by atoms with Crippen molar-refractivity contribution in [1.29, 1.82) is 0 Å². The highest BCUT2D eigenvalue weighted by Gasteiger charge is 2.34. The first kappa shape index (κ1) is 19.6. The Morgan fingerprint density at radius 1 is 1.15 bits per heavy atom. The maximum atomic E-state index is 4.89. The molecule has 0 saturated carbocycles. The maximum absolute atomic E-state index is 4.89. The van der Waals surface area contributed by atoms with Gasteiger partial charge in [0, 0.05) is 31.2 Å². The fourth-order valence-electron chi connectivity index (χ4n) is 3.58. The summed E-state index contributed by atoms with van der Waals surface area (Å²) < 4.78 is 0. The van der Waals surface area contributed by atoms with Gasteiger partial charge in [-0.1, -0.05) is 38.1 Å². The summed E-state index contributed by atoms with van der Waals surface area (Å²) >= 11 is 0. The molecule has 5 heteroatoms. The predicted molar refractivity (Wildman–Crippen MR) is 114 cm³/mol. The fraction of sp³-hybridized carbons (Fsp3) is 0.545. The number of nitrogens with one attached hydrogen (secondary N) is 1. The van der Waals surface area contributed by atoms with Crippen LogP contribution < -0.4 is 10.2 Å². The molecule has 3 rings (SSSR count). The standard InChI is InChI=1S/C22H33N5/c1-16(2)19-13-20(25-21(24-19)23-11-12-26(5)6)27-15-18-10-8-7-9-17(18)14-22(27,3)4/h7-10,13,16H,11-12,14-15H2,1-6H3,(H,23,24,25). The van der Waals surface area contributed by atoms with Gasteiger partial charge in [-0.05, 0) is 51.4 Å². The van der Waals surface area contributed by atoms with E-state index in [2.05, 4.69) is 87.2 Å². The lowest BCUT2D eigenvalue weighted by Crippen LogP contribution is -2.49. The van der Waals surface area contributed by atoms with Crippen LogP contribution in [0, 0.1) is 0 Å². The largest absolute Gasteiger partial charge is 0.353 e. The molecule has 146 valence electrons. The van der Waals surface area contributed by atoms with Crippen molar-refractivity contribution < 1.29 is 0 Å². The number of rotatable bonds is 6. The fourth-order valence-corrected chi connectivity index (χ4v) is 3.58. The first-order chi connectivity index (χ1) is 12.8. The van der Waals surface area contributed by atoms with E-state index in [9.17, 15) is 0 Å². The summed E-state index contributed by atoms with van der Waals surface area (Å²) in [5.41, 5.74) is 3.93. The maximum Gasteiger partial charge on any atom is 0.224 e. The summed E-state index contributed by atoms with van der Waals surface area (Å²) in [5, 5.41) is 3.41. The van der Waals surface area contributed by atoms with Crippen LogP contribution in [0.1, 0.15) is 50.4 Å². The van der Waals surface area contributed by atoms with Gasteiger partial charge < -0.3 is 15.1 Å². The molecule has 0 saturated heterocycles. The molecule has 0 unspecified atom stereocenters. The lowest BCUT2D eigenvalue weighted by atomic mass is 9.85. The minimum Gasteiger partial charge on any atom is -0.353 e. The van der Waals surface area contributed by atoms with Crippen molar-refractivity contribution in [3.05, 3.63) is 47.2 Å². The Hall–Kier alpha value is -2.14. The lowest BCUT2D eigenvalue weighted by Gasteiger charge is -2.44. The van der Waals surface area contributed by atoms with Crippen LogP contribution >= 0.6 is 0 Å². The molecule has 2 heterocycles. The molecule has 1 aliphatic heterocycles. The van der Waals surface area contributed by atoms with Crippen molar-refractivity contribution in [2.45, 2.75) is 52.1 Å². The quantitative estimate of drug-likeness (QED) is 0.838. The number of anilines is 2. The monoisotopic (exact) mass is 367 g/mol. The van der Waals surface area contributed by atoms with Crippen molar-refractivity contribution in [2.75, 3.05) is 37.4 Å². The van der Waals surface area contributed by atoms with Crippen molar-refractivity contribution in [3.8, 4) is 0 Å². The SMILES string of the molecule is CC(C)c1cc(N2Cc3ccccc3CC2(C)C)nc(NCCN(C)C)n1. The van der Waals surface area contributed by atoms with Crippen LogP contribution in [0.5, 0.6) is 0 Å². The molecule has 27 heavy (non-hydrogen) atoms. The van der Waals surface area contributed by atoms with Gasteiger partial charge in [0.25, 0.3) is 0 Å². The first-order valence-corrected chi connectivity index (χ1v) is 9.88. The highest BCUT2D eigenvalue weighted by Crippen LogP contribution is 2.35. The average molecular weight is 368 g/mol. The number of hydrogen-bond donors (Lipinski definition) is 1. The second-order valence-corrected chi connectivity index (χ2v) is 8.70. The Labute approximate surface area is 163 Å². The number of benzene rings is 1. The molecular formula is C22H33N5. The Kier molecular flexibility index (Phi) is 5.70. The van der Waals surface area contributed by atoms with Gasteiger partial charge in [0.1, 0.15) is 5.82 Å². The molecule has 5 nitrogen and oxygen atoms in total. The van der Waals surface area contributed by atoms with Gasteiger partial charge in [0.2, 0.25) is 5.95 Å². The topological polar surface area (TPSA) is 44.3 Å². The lowest BCUT2D eigenvalue weighted by molar-refractivity contribution is 0.423. The second-order valence-electron chi connectivity index (χ2n) is 8.70. The Balaban J connectivity index is 1.93. The van der Waals surface area contributed by atoms with Crippen LogP contribution in [0.25, 0.3) is 0 Å². The molecule has 1 N–H and O–H groups in total. The van der Waals surface area contributed by atoms with Gasteiger partial charge in [-0.15, -0.1) is 0 Å². The summed E-state index contributed by atoms with van der Waals surface area (Å²) in [6, 6.07) is 10.9. The van der Waals surface area contributed by atoms with Gasteiger partial charge in [-0.25, -0.2) is 4.98 Å². The number of likely N-dealkylation sites (N-methyl/N-ethyl adjacent to an activating group) is 1. The van der Waals surface area contributed by atoms with Crippen molar-refractivity contribution in [1.82, 2.24) is 14.9 Å². The van der Waals surface area contributed by atoms with Crippen LogP contribution in [0.2, 0.25) is 0 Å². The zero-order valence-electron chi connectivity index (χ0n) is 17.6. The average Bonchev–Trinajstić information content (AvgIpc) is 2.59. The van der Waals surface area contributed by atoms with E-state index in [1.165, 1.54) is 11.1 Å². The van der Waals surface area contributed by atoms with E-state index in [0.717, 1.165) is 43.5 Å². The Bertz CT molecular complexity index is 782. The predicted octanol–water partition coefficient (Wildman–Crippen LogP) is 3.91. The molecule has 1 aliphatic rings. The van der Waals surface area contributed by atoms with Crippen molar-refractivity contribution >= 4 is 11.8 Å². The molecule has 0 atom stereocenters. The summed E-state index contributed by atoms with van der Waals surface area (Å²) in [7, 11) is 4.15. The van der Waals surface area contributed by atoms with Crippen molar-refractivity contribution in [3.63, 3.8) is 0 Å². The van der Waals surface area contributed by atoms with E-state index in [-0.39, 0.29) is 5.54 Å². The zero-order valence-corrected chi connectivity index (χ0v) is 17.6. The third-order valence-electron chi connectivity index (χ3n) is 5.24. The third kappa shape index (κ3) is 4.59. The minimum atomic E-state index is 0.0118. The summed E-state index contributed by atoms with van der Waals surface area (Å²) in [6.45, 7) is 11.7. The second kappa shape index (κ2) is 7.85. The molecule has 1 aromatic heterocycles. The minimum absolute atomic E-state index is 0.0118. The van der Waals surface area contributed by atoms with Crippen molar-refractivity contribution in [2.24, 2.45) is 0 Å². The number of aromatic nitrogens is 2. The molecular weight excluding hydrogens is 334 g/mol. The van der Waals surface area contributed by atoms with Gasteiger partial charge >= 0.3 is 0 Å². The van der Waals surface area contributed by atoms with E-state index in [1.54, 1.807) is 0 Å². The van der Waals surface area contributed by atoms with Gasteiger partial charge in [-0.2, -0.15) is 4.98 Å². The summed E-state index contributed by atoms with van der Waals surface area (Å²) in [4.78, 5) is 14.2. The molecule has 0 aliphatic carbocycles. The van der Waals surface area contributed by atoms with E-state index in [0.29, 0.717) is 5.92 Å².